The van der Waals surface area contributed by atoms with Gasteiger partial charge in [0.2, 0.25) is 11.8 Å². The Hall–Kier alpha value is -2.09. The summed E-state index contributed by atoms with van der Waals surface area (Å²) in [6.45, 7) is -0.0239. The van der Waals surface area contributed by atoms with E-state index in [0.29, 0.717) is 0 Å². The lowest BCUT2D eigenvalue weighted by molar-refractivity contribution is -0.137. The fraction of sp³-hybridized carbons (Fsp3) is 0.333. The van der Waals surface area contributed by atoms with Gasteiger partial charge in [0.05, 0.1) is 11.7 Å². The van der Waals surface area contributed by atoms with Gasteiger partial charge in [-0.25, -0.2) is 0 Å². The fourth-order valence-electron chi connectivity index (χ4n) is 1.86. The van der Waals surface area contributed by atoms with E-state index in [1.165, 1.54) is 0 Å². The Morgan fingerprint density at radius 1 is 1.30 bits per heavy atom. The minimum absolute atomic E-state index is 0.0239. The summed E-state index contributed by atoms with van der Waals surface area (Å²) in [5.74, 6) is -2.62. The molecule has 0 saturated carbocycles. The van der Waals surface area contributed by atoms with Crippen LogP contribution in [0.3, 0.4) is 0 Å². The molecule has 3 N–H and O–H groups in total. The molecule has 108 valence electrons. The predicted octanol–water partition coefficient (Wildman–Crippen LogP) is 0.751. The van der Waals surface area contributed by atoms with E-state index in [1.807, 2.05) is 0 Å². The molecule has 1 aromatic carbocycles. The van der Waals surface area contributed by atoms with Crippen LogP contribution in [0.25, 0.3) is 0 Å². The van der Waals surface area contributed by atoms with E-state index >= 15 is 0 Å². The van der Waals surface area contributed by atoms with Gasteiger partial charge in [0, 0.05) is 12.2 Å². The van der Waals surface area contributed by atoms with Crippen molar-refractivity contribution in [1.82, 2.24) is 5.32 Å². The third-order valence-corrected chi connectivity index (χ3v) is 2.91. The summed E-state index contributed by atoms with van der Waals surface area (Å²) in [5, 5.41) is 14.1. The largest absolute Gasteiger partial charge is 0.416 e. The number of hydrogen-bond acceptors (Lipinski definition) is 3. The molecule has 2 unspecified atom stereocenters. The number of rotatable bonds is 2. The molecule has 1 aliphatic heterocycles. The summed E-state index contributed by atoms with van der Waals surface area (Å²) >= 11 is 0. The average Bonchev–Trinajstić information content (AvgIpc) is 2.68. The maximum atomic E-state index is 12.4. The molecule has 2 amide bonds. The van der Waals surface area contributed by atoms with Gasteiger partial charge in [0.1, 0.15) is 5.92 Å². The van der Waals surface area contributed by atoms with Crippen LogP contribution < -0.4 is 10.6 Å². The van der Waals surface area contributed by atoms with Crippen molar-refractivity contribution in [2.45, 2.75) is 12.3 Å². The molecule has 0 aromatic heterocycles. The van der Waals surface area contributed by atoms with E-state index in [-0.39, 0.29) is 12.2 Å². The zero-order valence-electron chi connectivity index (χ0n) is 10.1. The highest BCUT2D eigenvalue weighted by atomic mass is 19.4. The lowest BCUT2D eigenvalue weighted by Crippen LogP contribution is -2.34. The van der Waals surface area contributed by atoms with Gasteiger partial charge in [-0.1, -0.05) is 0 Å². The number of alkyl halides is 3. The first-order valence-electron chi connectivity index (χ1n) is 5.73. The highest BCUT2D eigenvalue weighted by Crippen LogP contribution is 2.29. The zero-order chi connectivity index (χ0) is 14.9. The molecule has 0 bridgehead atoms. The summed E-state index contributed by atoms with van der Waals surface area (Å²) in [6, 6.07) is 3.81. The highest BCUT2D eigenvalue weighted by molar-refractivity contribution is 6.08. The minimum atomic E-state index is -4.45. The van der Waals surface area contributed by atoms with Gasteiger partial charge >= 0.3 is 6.18 Å². The Morgan fingerprint density at radius 2 is 1.90 bits per heavy atom. The lowest BCUT2D eigenvalue weighted by Gasteiger charge is -2.12. The first-order chi connectivity index (χ1) is 9.29. The van der Waals surface area contributed by atoms with E-state index in [0.717, 1.165) is 24.3 Å². The Morgan fingerprint density at radius 3 is 2.35 bits per heavy atom. The predicted molar refractivity (Wildman–Crippen MR) is 62.6 cm³/mol. The summed E-state index contributed by atoms with van der Waals surface area (Å²) in [6.07, 6.45) is -5.60. The molecule has 5 nitrogen and oxygen atoms in total. The van der Waals surface area contributed by atoms with Crippen LogP contribution in [0.4, 0.5) is 18.9 Å². The second-order valence-corrected chi connectivity index (χ2v) is 4.35. The van der Waals surface area contributed by atoms with E-state index < -0.39 is 35.6 Å². The first kappa shape index (κ1) is 14.3. The van der Waals surface area contributed by atoms with Crippen molar-refractivity contribution >= 4 is 17.5 Å². The molecule has 2 atom stereocenters. The van der Waals surface area contributed by atoms with Crippen molar-refractivity contribution < 1.29 is 27.9 Å². The van der Waals surface area contributed by atoms with Crippen LogP contribution in [-0.2, 0) is 15.8 Å². The van der Waals surface area contributed by atoms with Crippen molar-refractivity contribution in [3.8, 4) is 0 Å². The molecule has 1 fully saturated rings. The number of amides is 2. The quantitative estimate of drug-likeness (QED) is 0.703. The zero-order valence-corrected chi connectivity index (χ0v) is 10.1. The van der Waals surface area contributed by atoms with E-state index in [2.05, 4.69) is 10.6 Å². The van der Waals surface area contributed by atoms with Crippen LogP contribution in [0.15, 0.2) is 24.3 Å². The standard InChI is InChI=1S/C12H11F3N2O3/c13-12(14,15)6-1-3-7(4-2-6)17-11(20)9-8(18)5-16-10(9)19/h1-4,8-9,18H,5H2,(H,16,19)(H,17,20). The van der Waals surface area contributed by atoms with Gasteiger partial charge in [-0.3, -0.25) is 9.59 Å². The molecule has 0 spiro atoms. The van der Waals surface area contributed by atoms with Crippen molar-refractivity contribution in [1.29, 1.82) is 0 Å². The maximum Gasteiger partial charge on any atom is 0.416 e. The van der Waals surface area contributed by atoms with Gasteiger partial charge in [-0.15, -0.1) is 0 Å². The molecule has 0 radical (unpaired) electrons. The number of hydrogen-bond donors (Lipinski definition) is 3. The smallest absolute Gasteiger partial charge is 0.390 e. The van der Waals surface area contributed by atoms with Crippen LogP contribution >= 0.6 is 0 Å². The van der Waals surface area contributed by atoms with E-state index in [9.17, 15) is 27.9 Å². The molecule has 1 heterocycles. The number of halogens is 3. The monoisotopic (exact) mass is 288 g/mol. The third kappa shape index (κ3) is 2.90. The van der Waals surface area contributed by atoms with Gasteiger partial charge in [0.25, 0.3) is 0 Å². The van der Waals surface area contributed by atoms with Crippen LogP contribution in [0.2, 0.25) is 0 Å². The van der Waals surface area contributed by atoms with Gasteiger partial charge in [-0.05, 0) is 24.3 Å². The van der Waals surface area contributed by atoms with Crippen LogP contribution in [-0.4, -0.2) is 29.6 Å². The minimum Gasteiger partial charge on any atom is -0.390 e. The number of anilines is 1. The van der Waals surface area contributed by atoms with Gasteiger partial charge in [0.15, 0.2) is 0 Å². The molecular weight excluding hydrogens is 277 g/mol. The Kier molecular flexibility index (Phi) is 3.67. The Bertz CT molecular complexity index is 528. The van der Waals surface area contributed by atoms with Crippen molar-refractivity contribution in [3.05, 3.63) is 29.8 Å². The number of β-amino-alcohol motifs (C(OH)–C–C–N with tert-alkyl or cyclic N) is 1. The fourth-order valence-corrected chi connectivity index (χ4v) is 1.86. The summed E-state index contributed by atoms with van der Waals surface area (Å²) in [5.41, 5.74) is -0.718. The highest BCUT2D eigenvalue weighted by Gasteiger charge is 2.39. The van der Waals surface area contributed by atoms with Gasteiger partial charge in [-0.2, -0.15) is 13.2 Å². The van der Waals surface area contributed by atoms with E-state index in [1.54, 1.807) is 0 Å². The van der Waals surface area contributed by atoms with E-state index in [4.69, 9.17) is 0 Å². The third-order valence-electron chi connectivity index (χ3n) is 2.91. The maximum absolute atomic E-state index is 12.4. The van der Waals surface area contributed by atoms with Crippen molar-refractivity contribution in [3.63, 3.8) is 0 Å². The average molecular weight is 288 g/mol. The molecular formula is C12H11F3N2O3. The van der Waals surface area contributed by atoms with Gasteiger partial charge < -0.3 is 15.7 Å². The Labute approximate surface area is 111 Å². The number of aliphatic hydroxyl groups excluding tert-OH is 1. The number of nitrogens with one attached hydrogen (secondary N) is 2. The molecule has 1 aliphatic rings. The lowest BCUT2D eigenvalue weighted by atomic mass is 10.0. The molecule has 1 saturated heterocycles. The number of aliphatic hydroxyl groups is 1. The van der Waals surface area contributed by atoms with Crippen LogP contribution in [0.5, 0.6) is 0 Å². The SMILES string of the molecule is O=C1NCC(O)C1C(=O)Nc1ccc(C(F)(F)F)cc1. The summed E-state index contributed by atoms with van der Waals surface area (Å²) < 4.78 is 37.1. The molecule has 1 aromatic rings. The number of benzene rings is 1. The second kappa shape index (κ2) is 5.12. The number of carbonyl (C=O) groups excluding carboxylic acids is 2. The Balaban J connectivity index is 2.07. The number of carbonyl (C=O) groups is 2. The topological polar surface area (TPSA) is 78.4 Å². The summed E-state index contributed by atoms with van der Waals surface area (Å²) in [7, 11) is 0. The molecule has 8 heteroatoms. The second-order valence-electron chi connectivity index (χ2n) is 4.35. The van der Waals surface area contributed by atoms with Crippen LogP contribution in [0.1, 0.15) is 5.56 Å². The van der Waals surface area contributed by atoms with Crippen molar-refractivity contribution in [2.24, 2.45) is 5.92 Å². The first-order valence-corrected chi connectivity index (χ1v) is 5.73. The van der Waals surface area contributed by atoms with Crippen molar-refractivity contribution in [2.75, 3.05) is 11.9 Å². The molecule has 2 rings (SSSR count). The molecule has 0 aliphatic carbocycles. The molecule has 20 heavy (non-hydrogen) atoms. The summed E-state index contributed by atoms with van der Waals surface area (Å²) in [4.78, 5) is 23.1. The normalized spacial score (nSPS) is 22.5. The van der Waals surface area contributed by atoms with Crippen LogP contribution in [0, 0.1) is 5.92 Å².